The van der Waals surface area contributed by atoms with Crippen LogP contribution in [0.2, 0.25) is 0 Å². The first-order chi connectivity index (χ1) is 13.3. The number of nitrogens with zero attached hydrogens (tertiary/aromatic N) is 4. The zero-order valence-electron chi connectivity index (χ0n) is 15.2. The molecule has 10 nitrogen and oxygen atoms in total. The molecule has 2 amide bonds. The number of amides is 2. The molecule has 1 aromatic rings. The fourth-order valence-electron chi connectivity index (χ4n) is 2.65. The highest BCUT2D eigenvalue weighted by Crippen LogP contribution is 2.23. The van der Waals surface area contributed by atoms with Crippen LogP contribution < -0.4 is 0 Å². The van der Waals surface area contributed by atoms with E-state index in [-0.39, 0.29) is 36.5 Å². The zero-order valence-corrected chi connectivity index (χ0v) is 16.0. The van der Waals surface area contributed by atoms with E-state index in [4.69, 9.17) is 10.00 Å². The molecular weight excluding hydrogens is 388 g/mol. The van der Waals surface area contributed by atoms with Crippen LogP contribution in [0.15, 0.2) is 24.3 Å². The second-order valence-corrected chi connectivity index (χ2v) is 7.27. The Hall–Kier alpha value is -2.84. The lowest BCUT2D eigenvalue weighted by Gasteiger charge is -2.23. The van der Waals surface area contributed by atoms with Gasteiger partial charge >= 0.3 is 6.09 Å². The second-order valence-electron chi connectivity index (χ2n) is 6.24. The first-order valence-electron chi connectivity index (χ1n) is 8.40. The van der Waals surface area contributed by atoms with Crippen molar-refractivity contribution in [3.05, 3.63) is 39.9 Å². The molecule has 0 saturated carbocycles. The van der Waals surface area contributed by atoms with Gasteiger partial charge in [-0.3, -0.25) is 19.8 Å². The summed E-state index contributed by atoms with van der Waals surface area (Å²) >= 11 is 1.28. The smallest absolute Gasteiger partial charge is 0.410 e. The van der Waals surface area contributed by atoms with E-state index in [0.717, 1.165) is 4.90 Å². The molecule has 0 aromatic heterocycles. The molecular formula is C17H20N4O6S. The molecule has 1 saturated heterocycles. The summed E-state index contributed by atoms with van der Waals surface area (Å²) in [5.74, 6) is 0.190. The maximum Gasteiger partial charge on any atom is 0.410 e. The number of benzene rings is 1. The highest BCUT2D eigenvalue weighted by molar-refractivity contribution is 8.00. The molecule has 2 rings (SSSR count). The zero-order chi connectivity index (χ0) is 20.7. The Balaban J connectivity index is 1.85. The molecule has 11 heteroatoms. The summed E-state index contributed by atoms with van der Waals surface area (Å²) in [6.07, 6.45) is 0.837. The fourth-order valence-corrected chi connectivity index (χ4v) is 3.72. The number of hydrogen-bond donors (Lipinski definition) is 1. The van der Waals surface area contributed by atoms with Gasteiger partial charge in [-0.1, -0.05) is 0 Å². The molecule has 0 bridgehead atoms. The van der Waals surface area contributed by atoms with Gasteiger partial charge in [0.1, 0.15) is 6.61 Å². The van der Waals surface area contributed by atoms with E-state index in [2.05, 4.69) is 0 Å². The molecule has 1 aromatic carbocycles. The average Bonchev–Trinajstić information content (AvgIpc) is 3.06. The number of hydrogen-bond acceptors (Lipinski definition) is 8. The SMILES string of the molecule is CN(C#N)C(=O)CSCC1CC(O)CN1C(=O)OCc1ccc([N+](=O)[O-])cc1. The molecule has 1 aliphatic rings. The van der Waals surface area contributed by atoms with Crippen molar-refractivity contribution in [2.45, 2.75) is 25.2 Å². The summed E-state index contributed by atoms with van der Waals surface area (Å²) < 4.78 is 5.25. The first-order valence-corrected chi connectivity index (χ1v) is 9.56. The Morgan fingerprint density at radius 3 is 2.75 bits per heavy atom. The highest BCUT2D eigenvalue weighted by atomic mass is 32.2. The molecule has 0 aliphatic carbocycles. The van der Waals surface area contributed by atoms with Gasteiger partial charge in [0.25, 0.3) is 5.69 Å². The van der Waals surface area contributed by atoms with Gasteiger partial charge in [-0.25, -0.2) is 4.79 Å². The van der Waals surface area contributed by atoms with Crippen molar-refractivity contribution in [3.63, 3.8) is 0 Å². The monoisotopic (exact) mass is 408 g/mol. The van der Waals surface area contributed by atoms with Crippen LogP contribution in [0.25, 0.3) is 0 Å². The van der Waals surface area contributed by atoms with E-state index in [9.17, 15) is 24.8 Å². The van der Waals surface area contributed by atoms with Crippen molar-refractivity contribution in [2.75, 3.05) is 25.1 Å². The minimum Gasteiger partial charge on any atom is -0.445 e. The average molecular weight is 408 g/mol. The third kappa shape index (κ3) is 5.83. The Morgan fingerprint density at radius 1 is 1.46 bits per heavy atom. The molecule has 2 atom stereocenters. The van der Waals surface area contributed by atoms with E-state index < -0.39 is 17.1 Å². The molecule has 150 valence electrons. The minimum atomic E-state index is -0.671. The van der Waals surface area contributed by atoms with Crippen molar-refractivity contribution in [2.24, 2.45) is 0 Å². The summed E-state index contributed by atoms with van der Waals surface area (Å²) in [6.45, 7) is 0.0884. The van der Waals surface area contributed by atoms with Crippen LogP contribution >= 0.6 is 11.8 Å². The van der Waals surface area contributed by atoms with Gasteiger partial charge in [-0.15, -0.1) is 11.8 Å². The molecule has 1 fully saturated rings. The number of aliphatic hydroxyl groups excluding tert-OH is 1. The van der Waals surface area contributed by atoms with Crippen molar-refractivity contribution in [1.29, 1.82) is 5.26 Å². The van der Waals surface area contributed by atoms with Gasteiger partial charge in [0.2, 0.25) is 5.91 Å². The maximum absolute atomic E-state index is 12.4. The number of aliphatic hydroxyl groups is 1. The summed E-state index contributed by atoms with van der Waals surface area (Å²) in [5, 5.41) is 29.2. The van der Waals surface area contributed by atoms with Gasteiger partial charge in [0, 0.05) is 31.0 Å². The van der Waals surface area contributed by atoms with Gasteiger partial charge in [0.05, 0.1) is 23.3 Å². The number of β-amino-alcohol motifs (C(OH)–C–C–N with tert-alkyl or cyclic N) is 1. The number of non-ortho nitro benzene ring substituents is 1. The molecule has 1 heterocycles. The number of ether oxygens (including phenoxy) is 1. The van der Waals surface area contributed by atoms with Crippen molar-refractivity contribution in [3.8, 4) is 6.19 Å². The maximum atomic E-state index is 12.4. The van der Waals surface area contributed by atoms with Crippen LogP contribution in [0.4, 0.5) is 10.5 Å². The van der Waals surface area contributed by atoms with E-state index >= 15 is 0 Å². The van der Waals surface area contributed by atoms with E-state index in [0.29, 0.717) is 17.7 Å². The third-order valence-corrected chi connectivity index (χ3v) is 5.27. The molecule has 1 aliphatic heterocycles. The Labute approximate surface area is 165 Å². The van der Waals surface area contributed by atoms with Crippen molar-refractivity contribution >= 4 is 29.4 Å². The predicted octanol–water partition coefficient (Wildman–Crippen LogP) is 1.34. The van der Waals surface area contributed by atoms with Crippen LogP contribution in [0.5, 0.6) is 0 Å². The first kappa shape index (κ1) is 21.5. The van der Waals surface area contributed by atoms with Crippen molar-refractivity contribution in [1.82, 2.24) is 9.80 Å². The lowest BCUT2D eigenvalue weighted by Crippen LogP contribution is -2.38. The normalized spacial score (nSPS) is 18.4. The number of rotatable bonds is 7. The standard InChI is InChI=1S/C17H20N4O6S/c1-19(11-18)16(23)10-28-9-14-6-15(22)7-20(14)17(24)27-8-12-2-4-13(5-3-12)21(25)26/h2-5,14-15,22H,6-10H2,1H3. The van der Waals surface area contributed by atoms with E-state index in [1.807, 2.05) is 0 Å². The topological polar surface area (TPSA) is 137 Å². The summed E-state index contributed by atoms with van der Waals surface area (Å²) in [6, 6.07) is 5.39. The quantitative estimate of drug-likeness (QED) is 0.309. The van der Waals surface area contributed by atoms with Crippen molar-refractivity contribution < 1.29 is 24.4 Å². The number of nitriles is 1. The summed E-state index contributed by atoms with van der Waals surface area (Å²) in [4.78, 5) is 36.5. The third-order valence-electron chi connectivity index (χ3n) is 4.20. The molecule has 0 spiro atoms. The largest absolute Gasteiger partial charge is 0.445 e. The Bertz CT molecular complexity index is 766. The number of nitro groups is 1. The highest BCUT2D eigenvalue weighted by Gasteiger charge is 2.35. The number of carbonyl (C=O) groups is 2. The number of likely N-dealkylation sites (tertiary alicyclic amines) is 1. The van der Waals surface area contributed by atoms with E-state index in [1.54, 1.807) is 6.19 Å². The summed E-state index contributed by atoms with van der Waals surface area (Å²) in [5.41, 5.74) is 0.557. The number of carbonyl (C=O) groups excluding carboxylic acids is 2. The molecule has 1 N–H and O–H groups in total. The minimum absolute atomic E-state index is 0.0469. The van der Waals surface area contributed by atoms with Crippen LogP contribution in [-0.4, -0.2) is 69.1 Å². The van der Waals surface area contributed by atoms with Crippen LogP contribution in [0, 0.1) is 21.6 Å². The van der Waals surface area contributed by atoms with Crippen LogP contribution in [0.1, 0.15) is 12.0 Å². The van der Waals surface area contributed by atoms with Gasteiger partial charge in [-0.05, 0) is 24.1 Å². The Kier molecular flexibility index (Phi) is 7.60. The lowest BCUT2D eigenvalue weighted by molar-refractivity contribution is -0.384. The summed E-state index contributed by atoms with van der Waals surface area (Å²) in [7, 11) is 1.38. The van der Waals surface area contributed by atoms with Gasteiger partial charge in [-0.2, -0.15) is 5.26 Å². The predicted molar refractivity (Wildman–Crippen MR) is 100 cm³/mol. The fraction of sp³-hybridized carbons (Fsp3) is 0.471. The lowest BCUT2D eigenvalue weighted by atomic mass is 10.2. The molecule has 28 heavy (non-hydrogen) atoms. The Morgan fingerprint density at radius 2 is 2.14 bits per heavy atom. The number of nitro benzene ring substituents is 1. The second kappa shape index (κ2) is 9.91. The van der Waals surface area contributed by atoms with E-state index in [1.165, 1.54) is 48.0 Å². The molecule has 2 unspecified atom stereocenters. The molecule has 0 radical (unpaired) electrons. The van der Waals surface area contributed by atoms with Crippen LogP contribution in [-0.2, 0) is 16.1 Å². The number of thioether (sulfide) groups is 1. The van der Waals surface area contributed by atoms with Gasteiger partial charge < -0.3 is 14.7 Å². The van der Waals surface area contributed by atoms with Gasteiger partial charge in [0.15, 0.2) is 6.19 Å². The van der Waals surface area contributed by atoms with Crippen LogP contribution in [0.3, 0.4) is 0 Å².